The summed E-state index contributed by atoms with van der Waals surface area (Å²) in [6, 6.07) is 5.70. The first kappa shape index (κ1) is 16.5. The van der Waals surface area contributed by atoms with Crippen LogP contribution in [0.1, 0.15) is 11.1 Å². The molecule has 1 fully saturated rings. The Morgan fingerprint density at radius 2 is 1.73 bits per heavy atom. The van der Waals surface area contributed by atoms with Crippen LogP contribution in [0, 0.1) is 13.8 Å². The van der Waals surface area contributed by atoms with Crippen LogP contribution in [0.2, 0.25) is 0 Å². The second-order valence-electron chi connectivity index (χ2n) is 5.70. The van der Waals surface area contributed by atoms with Gasteiger partial charge in [0, 0.05) is 5.69 Å². The number of quaternary nitrogens is 1. The van der Waals surface area contributed by atoms with E-state index in [-0.39, 0.29) is 0 Å². The van der Waals surface area contributed by atoms with E-state index in [1.165, 1.54) is 4.90 Å². The lowest BCUT2D eigenvalue weighted by molar-refractivity contribution is -0.906. The van der Waals surface area contributed by atoms with Crippen LogP contribution in [0.4, 0.5) is 5.69 Å². The molecule has 0 atom stereocenters. The Kier molecular flexibility index (Phi) is 5.91. The number of nitrogens with one attached hydrogen (secondary N) is 3. The molecule has 0 bridgehead atoms. The summed E-state index contributed by atoms with van der Waals surface area (Å²) in [5.41, 5.74) is 2.75. The molecule has 1 aliphatic heterocycles. The van der Waals surface area contributed by atoms with E-state index in [1.54, 1.807) is 0 Å². The molecule has 0 aromatic heterocycles. The second-order valence-corrected chi connectivity index (χ2v) is 5.70. The number of rotatable bonds is 4. The average molecular weight is 306 g/mol. The Bertz CT molecular complexity index is 519. The number of ether oxygens (including phenoxy) is 1. The molecule has 0 saturated carbocycles. The fraction of sp³-hybridized carbons (Fsp3) is 0.500. The van der Waals surface area contributed by atoms with E-state index in [9.17, 15) is 9.59 Å². The molecule has 1 saturated heterocycles. The predicted molar refractivity (Wildman–Crippen MR) is 83.9 cm³/mol. The number of anilines is 1. The highest BCUT2D eigenvalue weighted by Crippen LogP contribution is 2.13. The van der Waals surface area contributed by atoms with Gasteiger partial charge in [0.1, 0.15) is 13.1 Å². The van der Waals surface area contributed by atoms with E-state index < -0.39 is 11.8 Å². The smallest absolute Gasteiger partial charge is 0.313 e. The molecule has 1 aliphatic rings. The number of carbonyl (C=O) groups is 2. The molecule has 1 aromatic rings. The maximum Gasteiger partial charge on any atom is 0.313 e. The second kappa shape index (κ2) is 7.91. The molecule has 0 spiro atoms. The summed E-state index contributed by atoms with van der Waals surface area (Å²) in [6.07, 6.45) is 0. The van der Waals surface area contributed by atoms with Gasteiger partial charge in [0.25, 0.3) is 0 Å². The largest absolute Gasteiger partial charge is 0.370 e. The van der Waals surface area contributed by atoms with Crippen LogP contribution in [0.3, 0.4) is 0 Å². The van der Waals surface area contributed by atoms with Gasteiger partial charge in [0.2, 0.25) is 0 Å². The van der Waals surface area contributed by atoms with Crippen molar-refractivity contribution in [1.82, 2.24) is 5.32 Å². The quantitative estimate of drug-likeness (QED) is 0.643. The lowest BCUT2D eigenvalue weighted by Gasteiger charge is -2.23. The van der Waals surface area contributed by atoms with E-state index in [0.717, 1.165) is 44.0 Å². The van der Waals surface area contributed by atoms with E-state index >= 15 is 0 Å². The fourth-order valence-corrected chi connectivity index (χ4v) is 2.58. The molecular weight excluding hydrogens is 282 g/mol. The summed E-state index contributed by atoms with van der Waals surface area (Å²) in [5.74, 6) is -1.21. The molecule has 2 amide bonds. The zero-order valence-corrected chi connectivity index (χ0v) is 13.2. The summed E-state index contributed by atoms with van der Waals surface area (Å²) < 4.78 is 5.28. The van der Waals surface area contributed by atoms with Crippen molar-refractivity contribution in [3.05, 3.63) is 29.3 Å². The van der Waals surface area contributed by atoms with Gasteiger partial charge in [-0.3, -0.25) is 9.59 Å². The van der Waals surface area contributed by atoms with E-state index in [4.69, 9.17) is 4.74 Å². The van der Waals surface area contributed by atoms with Crippen molar-refractivity contribution >= 4 is 17.5 Å². The first-order chi connectivity index (χ1) is 10.5. The molecule has 6 heteroatoms. The summed E-state index contributed by atoms with van der Waals surface area (Å²) >= 11 is 0. The number of benzene rings is 1. The van der Waals surface area contributed by atoms with Crippen LogP contribution in [0.25, 0.3) is 0 Å². The van der Waals surface area contributed by atoms with Gasteiger partial charge in [0.15, 0.2) is 0 Å². The topological polar surface area (TPSA) is 71.9 Å². The minimum absolute atomic E-state index is 0.494. The highest BCUT2D eigenvalue weighted by atomic mass is 16.5. The van der Waals surface area contributed by atoms with Gasteiger partial charge in [-0.1, -0.05) is 6.07 Å². The van der Waals surface area contributed by atoms with Crippen molar-refractivity contribution in [3.8, 4) is 0 Å². The molecule has 1 heterocycles. The van der Waals surface area contributed by atoms with Crippen LogP contribution in [0.5, 0.6) is 0 Å². The molecule has 3 N–H and O–H groups in total. The van der Waals surface area contributed by atoms with Gasteiger partial charge < -0.3 is 20.3 Å². The first-order valence-corrected chi connectivity index (χ1v) is 7.63. The van der Waals surface area contributed by atoms with Crippen molar-refractivity contribution in [2.75, 3.05) is 44.7 Å². The highest BCUT2D eigenvalue weighted by molar-refractivity contribution is 6.39. The molecule has 0 unspecified atom stereocenters. The molecule has 0 radical (unpaired) electrons. The summed E-state index contributed by atoms with van der Waals surface area (Å²) in [5, 5.41) is 5.30. The minimum atomic E-state index is -0.623. The number of amides is 2. The van der Waals surface area contributed by atoms with Crippen LogP contribution in [0.15, 0.2) is 18.2 Å². The predicted octanol–water partition coefficient (Wildman–Crippen LogP) is -0.727. The van der Waals surface area contributed by atoms with Gasteiger partial charge in [-0.05, 0) is 37.1 Å². The van der Waals surface area contributed by atoms with Gasteiger partial charge in [-0.25, -0.2) is 0 Å². The number of aryl methyl sites for hydroxylation is 2. The zero-order chi connectivity index (χ0) is 15.9. The van der Waals surface area contributed by atoms with Crippen molar-refractivity contribution < 1.29 is 19.2 Å². The van der Waals surface area contributed by atoms with Crippen molar-refractivity contribution in [3.63, 3.8) is 0 Å². The SMILES string of the molecule is Cc1cc(C)cc(NC(=O)C(=O)NCC[NH+]2CCOCC2)c1. The van der Waals surface area contributed by atoms with Gasteiger partial charge in [0.05, 0.1) is 26.3 Å². The van der Waals surface area contributed by atoms with Crippen LogP contribution >= 0.6 is 0 Å². The summed E-state index contributed by atoms with van der Waals surface area (Å²) in [7, 11) is 0. The van der Waals surface area contributed by atoms with Gasteiger partial charge in [-0.2, -0.15) is 0 Å². The van der Waals surface area contributed by atoms with Crippen LogP contribution in [-0.4, -0.2) is 51.2 Å². The lowest BCUT2D eigenvalue weighted by atomic mass is 10.1. The Morgan fingerprint density at radius 1 is 1.09 bits per heavy atom. The summed E-state index contributed by atoms with van der Waals surface area (Å²) in [6.45, 7) is 8.63. The minimum Gasteiger partial charge on any atom is -0.370 e. The van der Waals surface area contributed by atoms with Crippen LogP contribution in [-0.2, 0) is 14.3 Å². The fourth-order valence-electron chi connectivity index (χ4n) is 2.58. The molecule has 0 aliphatic carbocycles. The molecule has 22 heavy (non-hydrogen) atoms. The third kappa shape index (κ3) is 5.13. The van der Waals surface area contributed by atoms with Crippen molar-refractivity contribution in [1.29, 1.82) is 0 Å². The number of hydrogen-bond donors (Lipinski definition) is 3. The number of carbonyl (C=O) groups excluding carboxylic acids is 2. The normalized spacial score (nSPS) is 15.4. The Morgan fingerprint density at radius 3 is 2.36 bits per heavy atom. The Balaban J connectivity index is 1.75. The monoisotopic (exact) mass is 306 g/mol. The molecule has 2 rings (SSSR count). The maximum absolute atomic E-state index is 11.9. The first-order valence-electron chi connectivity index (χ1n) is 7.63. The zero-order valence-electron chi connectivity index (χ0n) is 13.2. The van der Waals surface area contributed by atoms with E-state index in [0.29, 0.717) is 12.2 Å². The number of morpholine rings is 1. The van der Waals surface area contributed by atoms with Gasteiger partial charge in [-0.15, -0.1) is 0 Å². The molecule has 1 aromatic carbocycles. The standard InChI is InChI=1S/C16H23N3O3/c1-12-9-13(2)11-14(10-12)18-16(21)15(20)17-3-4-19-5-7-22-8-6-19/h9-11H,3-8H2,1-2H3,(H,17,20)(H,18,21)/p+1. The van der Waals surface area contributed by atoms with E-state index in [1.807, 2.05) is 32.0 Å². The van der Waals surface area contributed by atoms with Crippen molar-refractivity contribution in [2.24, 2.45) is 0 Å². The molecule has 120 valence electrons. The average Bonchev–Trinajstić information content (AvgIpc) is 2.47. The van der Waals surface area contributed by atoms with Gasteiger partial charge >= 0.3 is 11.8 Å². The third-order valence-electron chi connectivity index (χ3n) is 3.65. The Hall–Kier alpha value is -1.92. The van der Waals surface area contributed by atoms with Crippen molar-refractivity contribution in [2.45, 2.75) is 13.8 Å². The van der Waals surface area contributed by atoms with Crippen LogP contribution < -0.4 is 15.5 Å². The number of hydrogen-bond acceptors (Lipinski definition) is 3. The maximum atomic E-state index is 11.9. The molecular formula is C16H24N3O3+. The molecule has 6 nitrogen and oxygen atoms in total. The lowest BCUT2D eigenvalue weighted by Crippen LogP contribution is -3.14. The Labute approximate surface area is 130 Å². The third-order valence-corrected chi connectivity index (χ3v) is 3.65. The highest BCUT2D eigenvalue weighted by Gasteiger charge is 2.16. The van der Waals surface area contributed by atoms with E-state index in [2.05, 4.69) is 10.6 Å². The summed E-state index contributed by atoms with van der Waals surface area (Å²) in [4.78, 5) is 25.1.